The Bertz CT molecular complexity index is 584. The third-order valence-corrected chi connectivity index (χ3v) is 4.55. The van der Waals surface area contributed by atoms with Crippen LogP contribution in [0.4, 0.5) is 10.5 Å². The fraction of sp³-hybridized carbons (Fsp3) is 0.684. The van der Waals surface area contributed by atoms with Crippen molar-refractivity contribution in [3.8, 4) is 0 Å². The molecule has 0 atom stereocenters. The zero-order valence-corrected chi connectivity index (χ0v) is 15.9. The van der Waals surface area contributed by atoms with Crippen molar-refractivity contribution < 1.29 is 9.53 Å². The molecule has 2 heterocycles. The fourth-order valence-corrected chi connectivity index (χ4v) is 3.40. The molecule has 24 heavy (non-hydrogen) atoms. The summed E-state index contributed by atoms with van der Waals surface area (Å²) in [6.07, 6.45) is 3.71. The van der Waals surface area contributed by atoms with Crippen LogP contribution < -0.4 is 4.90 Å². The van der Waals surface area contributed by atoms with Gasteiger partial charge in [-0.3, -0.25) is 9.88 Å². The summed E-state index contributed by atoms with van der Waals surface area (Å²) in [7, 11) is 0. The van der Waals surface area contributed by atoms with Gasteiger partial charge in [-0.1, -0.05) is 13.3 Å². The molecular weight excluding hydrogens is 302 g/mol. The largest absolute Gasteiger partial charge is 0.447 e. The number of rotatable bonds is 4. The van der Waals surface area contributed by atoms with Crippen molar-refractivity contribution >= 4 is 11.8 Å². The smallest absolute Gasteiger partial charge is 0.410 e. The predicted molar refractivity (Wildman–Crippen MR) is 97.6 cm³/mol. The van der Waals surface area contributed by atoms with Gasteiger partial charge in [0.2, 0.25) is 0 Å². The van der Waals surface area contributed by atoms with Crippen molar-refractivity contribution in [2.24, 2.45) is 0 Å². The maximum Gasteiger partial charge on any atom is 0.410 e. The number of nitrogens with zero attached hydrogens (tertiary/aromatic N) is 3. The fourth-order valence-electron chi connectivity index (χ4n) is 3.40. The second kappa shape index (κ2) is 7.41. The van der Waals surface area contributed by atoms with E-state index in [1.54, 1.807) is 0 Å². The molecule has 0 saturated carbocycles. The number of pyridine rings is 1. The zero-order chi connectivity index (χ0) is 17.9. The van der Waals surface area contributed by atoms with Gasteiger partial charge in [-0.05, 0) is 52.7 Å². The van der Waals surface area contributed by atoms with Crippen molar-refractivity contribution in [1.29, 1.82) is 0 Å². The molecular formula is C19H31N3O2. The van der Waals surface area contributed by atoms with Crippen LogP contribution >= 0.6 is 0 Å². The SMILES string of the molecule is CCCc1c(N2CCN(C(=O)OC(C)C)C(C)(C)C2)ccnc1C. The molecule has 2 rings (SSSR count). The highest BCUT2D eigenvalue weighted by Gasteiger charge is 2.38. The van der Waals surface area contributed by atoms with E-state index in [4.69, 9.17) is 4.74 Å². The second-order valence-corrected chi connectivity index (χ2v) is 7.46. The summed E-state index contributed by atoms with van der Waals surface area (Å²) in [5.41, 5.74) is 3.42. The molecule has 0 spiro atoms. The highest BCUT2D eigenvalue weighted by molar-refractivity contribution is 5.70. The van der Waals surface area contributed by atoms with Crippen LogP contribution in [0.15, 0.2) is 12.3 Å². The van der Waals surface area contributed by atoms with Crippen molar-refractivity contribution in [2.75, 3.05) is 24.5 Å². The highest BCUT2D eigenvalue weighted by atomic mass is 16.6. The van der Waals surface area contributed by atoms with Crippen LogP contribution in [0.5, 0.6) is 0 Å². The van der Waals surface area contributed by atoms with E-state index in [1.165, 1.54) is 11.3 Å². The molecule has 0 radical (unpaired) electrons. The highest BCUT2D eigenvalue weighted by Crippen LogP contribution is 2.30. The number of ether oxygens (including phenoxy) is 1. The molecule has 0 aliphatic carbocycles. The van der Waals surface area contributed by atoms with Gasteiger partial charge in [-0.25, -0.2) is 4.79 Å². The Balaban J connectivity index is 2.20. The Morgan fingerprint density at radius 3 is 2.67 bits per heavy atom. The Morgan fingerprint density at radius 2 is 2.08 bits per heavy atom. The minimum Gasteiger partial charge on any atom is -0.447 e. The predicted octanol–water partition coefficient (Wildman–Crippen LogP) is 3.79. The topological polar surface area (TPSA) is 45.7 Å². The summed E-state index contributed by atoms with van der Waals surface area (Å²) in [6.45, 7) is 14.5. The van der Waals surface area contributed by atoms with E-state index in [-0.39, 0.29) is 17.7 Å². The third-order valence-electron chi connectivity index (χ3n) is 4.55. The van der Waals surface area contributed by atoms with Crippen LogP contribution in [0, 0.1) is 6.92 Å². The van der Waals surface area contributed by atoms with Gasteiger partial charge in [0.15, 0.2) is 0 Å². The molecule has 1 amide bonds. The van der Waals surface area contributed by atoms with Crippen LogP contribution in [-0.2, 0) is 11.2 Å². The molecule has 5 heteroatoms. The van der Waals surface area contributed by atoms with E-state index in [1.807, 2.05) is 24.9 Å². The van der Waals surface area contributed by atoms with Crippen molar-refractivity contribution in [1.82, 2.24) is 9.88 Å². The Hall–Kier alpha value is -1.78. The first kappa shape index (κ1) is 18.6. The molecule has 5 nitrogen and oxygen atoms in total. The van der Waals surface area contributed by atoms with Gasteiger partial charge >= 0.3 is 6.09 Å². The van der Waals surface area contributed by atoms with E-state index in [2.05, 4.69) is 43.6 Å². The maximum atomic E-state index is 12.4. The number of hydrogen-bond acceptors (Lipinski definition) is 4. The molecule has 0 bridgehead atoms. The first-order valence-electron chi connectivity index (χ1n) is 8.94. The minimum absolute atomic E-state index is 0.0923. The van der Waals surface area contributed by atoms with Gasteiger partial charge in [0.05, 0.1) is 11.6 Å². The molecule has 134 valence electrons. The van der Waals surface area contributed by atoms with Crippen molar-refractivity contribution in [2.45, 2.75) is 66.0 Å². The first-order chi connectivity index (χ1) is 11.3. The second-order valence-electron chi connectivity index (χ2n) is 7.46. The molecule has 1 aromatic rings. The van der Waals surface area contributed by atoms with E-state index in [0.29, 0.717) is 6.54 Å². The van der Waals surface area contributed by atoms with Gasteiger partial charge in [0.1, 0.15) is 0 Å². The van der Waals surface area contributed by atoms with Gasteiger partial charge in [-0.2, -0.15) is 0 Å². The van der Waals surface area contributed by atoms with E-state index < -0.39 is 0 Å². The van der Waals surface area contributed by atoms with Crippen LogP contribution in [0.2, 0.25) is 0 Å². The summed E-state index contributed by atoms with van der Waals surface area (Å²) in [5.74, 6) is 0. The number of carbonyl (C=O) groups excluding carboxylic acids is 1. The number of amides is 1. The molecule has 1 aliphatic heterocycles. The number of carbonyl (C=O) groups is 1. The average Bonchev–Trinajstić information content (AvgIpc) is 2.47. The monoisotopic (exact) mass is 333 g/mol. The number of hydrogen-bond donors (Lipinski definition) is 0. The van der Waals surface area contributed by atoms with Gasteiger partial charge in [0.25, 0.3) is 0 Å². The van der Waals surface area contributed by atoms with Crippen molar-refractivity contribution in [3.63, 3.8) is 0 Å². The Morgan fingerprint density at radius 1 is 1.38 bits per heavy atom. The lowest BCUT2D eigenvalue weighted by Crippen LogP contribution is -2.61. The van der Waals surface area contributed by atoms with Crippen molar-refractivity contribution in [3.05, 3.63) is 23.5 Å². The quantitative estimate of drug-likeness (QED) is 0.841. The van der Waals surface area contributed by atoms with Gasteiger partial charge in [0, 0.05) is 37.2 Å². The third kappa shape index (κ3) is 4.00. The standard InChI is InChI=1S/C19H31N3O2/c1-7-8-16-15(4)20-10-9-17(16)21-11-12-22(19(5,6)13-21)18(23)24-14(2)3/h9-10,14H,7-8,11-13H2,1-6H3. The summed E-state index contributed by atoms with van der Waals surface area (Å²) in [5, 5.41) is 0. The van der Waals surface area contributed by atoms with E-state index in [0.717, 1.165) is 31.6 Å². The first-order valence-corrected chi connectivity index (χ1v) is 8.94. The van der Waals surface area contributed by atoms with Crippen LogP contribution in [0.1, 0.15) is 52.3 Å². The summed E-state index contributed by atoms with van der Waals surface area (Å²) in [6, 6.07) is 2.11. The van der Waals surface area contributed by atoms with Crippen LogP contribution in [0.3, 0.4) is 0 Å². The lowest BCUT2D eigenvalue weighted by atomic mass is 9.97. The molecule has 0 aromatic carbocycles. The molecule has 1 fully saturated rings. The van der Waals surface area contributed by atoms with Gasteiger partial charge < -0.3 is 9.64 Å². The summed E-state index contributed by atoms with van der Waals surface area (Å²) < 4.78 is 5.41. The summed E-state index contributed by atoms with van der Waals surface area (Å²) in [4.78, 5) is 21.1. The Labute approximate surface area is 146 Å². The molecule has 0 N–H and O–H groups in total. The number of aryl methyl sites for hydroxylation is 1. The Kier molecular flexibility index (Phi) is 5.73. The van der Waals surface area contributed by atoms with Crippen LogP contribution in [-0.4, -0.2) is 47.3 Å². The average molecular weight is 333 g/mol. The minimum atomic E-state index is -0.273. The normalized spacial score (nSPS) is 17.3. The lowest BCUT2D eigenvalue weighted by molar-refractivity contribution is 0.0385. The number of aromatic nitrogens is 1. The maximum absolute atomic E-state index is 12.4. The van der Waals surface area contributed by atoms with E-state index in [9.17, 15) is 4.79 Å². The van der Waals surface area contributed by atoms with E-state index >= 15 is 0 Å². The molecule has 0 unspecified atom stereocenters. The molecule has 1 aromatic heterocycles. The number of anilines is 1. The lowest BCUT2D eigenvalue weighted by Gasteiger charge is -2.47. The zero-order valence-electron chi connectivity index (χ0n) is 15.9. The molecule has 1 saturated heterocycles. The van der Waals surface area contributed by atoms with Crippen LogP contribution in [0.25, 0.3) is 0 Å². The molecule has 1 aliphatic rings. The van der Waals surface area contributed by atoms with Gasteiger partial charge in [-0.15, -0.1) is 0 Å². The summed E-state index contributed by atoms with van der Waals surface area (Å²) >= 11 is 0. The number of piperazine rings is 1.